The normalized spacial score (nSPS) is 23.5. The van der Waals surface area contributed by atoms with Gasteiger partial charge in [-0.2, -0.15) is 0 Å². The molecule has 2 fully saturated rings. The molecule has 0 saturated carbocycles. The summed E-state index contributed by atoms with van der Waals surface area (Å²) >= 11 is 0.892. The number of carbonyl (C=O) groups is 4. The molecule has 0 aliphatic carbocycles. The van der Waals surface area contributed by atoms with Gasteiger partial charge in [0, 0.05) is 13.1 Å². The molecule has 2 amide bonds. The molecule has 3 aliphatic heterocycles. The number of carboxylic acids is 1. The minimum atomic E-state index is -1.13. The van der Waals surface area contributed by atoms with Crippen molar-refractivity contribution in [3.63, 3.8) is 0 Å². The molecule has 11 heteroatoms. The standard InChI is InChI=1S/C29H33N3O7S/c33-26-22(16-20-8-4-5-9-21(20)23-17-39-18-24(28(35)36)32(23)26)30-25(11-10-19-6-2-1-3-7-19)40-29(37)27(34)31-12-14-38-15-13-31/h1-9,22-25,30H,10-18H2,(H,35,36)/t22-,23+,24-,25-/m1/s1. The van der Waals surface area contributed by atoms with Crippen LogP contribution < -0.4 is 5.32 Å². The quantitative estimate of drug-likeness (QED) is 0.379. The molecule has 5 rings (SSSR count). The summed E-state index contributed by atoms with van der Waals surface area (Å²) in [5, 5.41) is 12.1. The van der Waals surface area contributed by atoms with Crippen molar-refractivity contribution >= 4 is 34.7 Å². The van der Waals surface area contributed by atoms with E-state index in [0.717, 1.165) is 28.5 Å². The van der Waals surface area contributed by atoms with Gasteiger partial charge in [0.25, 0.3) is 5.12 Å². The Hall–Kier alpha value is -3.25. The summed E-state index contributed by atoms with van der Waals surface area (Å²) in [4.78, 5) is 55.1. The molecule has 212 valence electrons. The highest BCUT2D eigenvalue weighted by molar-refractivity contribution is 8.15. The van der Waals surface area contributed by atoms with Crippen molar-refractivity contribution in [2.24, 2.45) is 0 Å². The van der Waals surface area contributed by atoms with E-state index in [-0.39, 0.29) is 19.1 Å². The van der Waals surface area contributed by atoms with Crippen molar-refractivity contribution in [2.75, 3.05) is 39.5 Å². The maximum absolute atomic E-state index is 14.0. The number of nitrogens with zero attached hydrogens (tertiary/aromatic N) is 2. The molecule has 0 unspecified atom stereocenters. The molecular formula is C29H33N3O7S. The van der Waals surface area contributed by atoms with Crippen LogP contribution in [0, 0.1) is 0 Å². The number of morpholine rings is 2. The number of carbonyl (C=O) groups excluding carboxylic acids is 3. The number of hydrogen-bond donors (Lipinski definition) is 2. The zero-order valence-electron chi connectivity index (χ0n) is 22.1. The lowest BCUT2D eigenvalue weighted by Crippen LogP contribution is -2.58. The summed E-state index contributed by atoms with van der Waals surface area (Å²) in [5.74, 6) is -2.05. The number of ether oxygens (including phenoxy) is 2. The summed E-state index contributed by atoms with van der Waals surface area (Å²) in [5.41, 5.74) is 2.84. The lowest BCUT2D eigenvalue weighted by molar-refractivity contribution is -0.164. The first-order valence-electron chi connectivity index (χ1n) is 13.5. The third kappa shape index (κ3) is 6.38. The molecule has 4 atom stereocenters. The van der Waals surface area contributed by atoms with Crippen LogP contribution in [0.25, 0.3) is 0 Å². The zero-order chi connectivity index (χ0) is 28.1. The summed E-state index contributed by atoms with van der Waals surface area (Å²) in [6.07, 6.45) is 1.43. The van der Waals surface area contributed by atoms with Crippen LogP contribution in [0.3, 0.4) is 0 Å². The topological polar surface area (TPSA) is 125 Å². The van der Waals surface area contributed by atoms with Gasteiger partial charge in [0.15, 0.2) is 6.04 Å². The van der Waals surface area contributed by atoms with Crippen LogP contribution in [0.1, 0.15) is 29.2 Å². The number of amides is 2. The van der Waals surface area contributed by atoms with Crippen molar-refractivity contribution in [3.8, 4) is 0 Å². The highest BCUT2D eigenvalue weighted by Crippen LogP contribution is 2.35. The molecule has 10 nitrogen and oxygen atoms in total. The number of thioether (sulfide) groups is 1. The molecule has 0 radical (unpaired) electrons. The summed E-state index contributed by atoms with van der Waals surface area (Å²) in [6.45, 7) is 1.62. The molecular weight excluding hydrogens is 534 g/mol. The van der Waals surface area contributed by atoms with Gasteiger partial charge in [-0.3, -0.25) is 19.7 Å². The van der Waals surface area contributed by atoms with E-state index >= 15 is 0 Å². The highest BCUT2D eigenvalue weighted by atomic mass is 32.2. The van der Waals surface area contributed by atoms with E-state index in [1.807, 2.05) is 54.6 Å². The van der Waals surface area contributed by atoms with E-state index in [2.05, 4.69) is 5.32 Å². The Morgan fingerprint density at radius 2 is 1.73 bits per heavy atom. The highest BCUT2D eigenvalue weighted by Gasteiger charge is 2.45. The maximum atomic E-state index is 14.0. The van der Waals surface area contributed by atoms with Gasteiger partial charge in [0.1, 0.15) is 0 Å². The number of benzene rings is 2. The van der Waals surface area contributed by atoms with Crippen LogP contribution in [-0.4, -0.2) is 94.8 Å². The lowest BCUT2D eigenvalue weighted by Gasteiger charge is -2.40. The average molecular weight is 568 g/mol. The van der Waals surface area contributed by atoms with Crippen LogP contribution in [-0.2, 0) is 41.5 Å². The number of fused-ring (bicyclic) bond motifs is 3. The van der Waals surface area contributed by atoms with Gasteiger partial charge < -0.3 is 24.4 Å². The maximum Gasteiger partial charge on any atom is 0.328 e. The molecule has 2 aromatic carbocycles. The van der Waals surface area contributed by atoms with E-state index in [1.54, 1.807) is 0 Å². The van der Waals surface area contributed by atoms with Crippen LogP contribution >= 0.6 is 11.8 Å². The second kappa shape index (κ2) is 12.9. The Kier molecular flexibility index (Phi) is 9.15. The fourth-order valence-electron chi connectivity index (χ4n) is 5.49. The van der Waals surface area contributed by atoms with E-state index in [1.165, 1.54) is 9.80 Å². The largest absolute Gasteiger partial charge is 0.480 e. The van der Waals surface area contributed by atoms with Gasteiger partial charge in [-0.05, 0) is 36.0 Å². The molecule has 2 saturated heterocycles. The number of hydrogen-bond acceptors (Lipinski definition) is 8. The smallest absolute Gasteiger partial charge is 0.328 e. The van der Waals surface area contributed by atoms with Gasteiger partial charge >= 0.3 is 11.9 Å². The Balaban J connectivity index is 1.40. The van der Waals surface area contributed by atoms with Crippen LogP contribution in [0.4, 0.5) is 0 Å². The van der Waals surface area contributed by atoms with Crippen molar-refractivity contribution in [2.45, 2.75) is 42.8 Å². The van der Waals surface area contributed by atoms with Crippen molar-refractivity contribution in [1.82, 2.24) is 15.1 Å². The Morgan fingerprint density at radius 3 is 2.48 bits per heavy atom. The number of aryl methyl sites for hydroxylation is 1. The molecule has 2 aromatic rings. The monoisotopic (exact) mass is 567 g/mol. The number of nitrogens with one attached hydrogen (secondary N) is 1. The fraction of sp³-hybridized carbons (Fsp3) is 0.448. The molecule has 2 N–H and O–H groups in total. The first-order chi connectivity index (χ1) is 19.4. The number of carboxylic acid groups (broad SMARTS) is 1. The Bertz CT molecular complexity index is 1240. The molecule has 0 spiro atoms. The number of rotatable bonds is 7. The number of aliphatic carboxylic acids is 1. The molecule has 0 bridgehead atoms. The predicted octanol–water partition coefficient (Wildman–Crippen LogP) is 1.63. The first kappa shape index (κ1) is 28.3. The first-order valence-corrected chi connectivity index (χ1v) is 14.4. The SMILES string of the molecule is O=C(S[C@H](CCc1ccccc1)N[C@@H]1Cc2ccccc2[C@@H]2COC[C@H](C(=O)O)N2C1=O)C(=O)N1CCOCC1. The van der Waals surface area contributed by atoms with E-state index in [0.29, 0.717) is 45.6 Å². The predicted molar refractivity (Wildman–Crippen MR) is 147 cm³/mol. The second-order valence-corrected chi connectivity index (χ2v) is 11.3. The summed E-state index contributed by atoms with van der Waals surface area (Å²) in [7, 11) is 0. The van der Waals surface area contributed by atoms with E-state index in [9.17, 15) is 24.3 Å². The molecule has 40 heavy (non-hydrogen) atoms. The molecule has 3 aliphatic rings. The van der Waals surface area contributed by atoms with Gasteiger partial charge in [-0.15, -0.1) is 0 Å². The van der Waals surface area contributed by atoms with Crippen molar-refractivity contribution in [1.29, 1.82) is 0 Å². The van der Waals surface area contributed by atoms with E-state index in [4.69, 9.17) is 9.47 Å². The van der Waals surface area contributed by atoms with Gasteiger partial charge in [0.2, 0.25) is 5.91 Å². The molecule has 3 heterocycles. The van der Waals surface area contributed by atoms with Crippen LogP contribution in [0.5, 0.6) is 0 Å². The summed E-state index contributed by atoms with van der Waals surface area (Å²) < 4.78 is 10.9. The Morgan fingerprint density at radius 1 is 1.00 bits per heavy atom. The van der Waals surface area contributed by atoms with Crippen LogP contribution in [0.15, 0.2) is 54.6 Å². The van der Waals surface area contributed by atoms with Crippen molar-refractivity contribution in [3.05, 3.63) is 71.3 Å². The van der Waals surface area contributed by atoms with Crippen molar-refractivity contribution < 1.29 is 33.8 Å². The van der Waals surface area contributed by atoms with Gasteiger partial charge in [0.05, 0.1) is 43.9 Å². The lowest BCUT2D eigenvalue weighted by atomic mass is 9.97. The minimum Gasteiger partial charge on any atom is -0.480 e. The van der Waals surface area contributed by atoms with E-state index < -0.39 is 40.5 Å². The van der Waals surface area contributed by atoms with Crippen LogP contribution in [0.2, 0.25) is 0 Å². The average Bonchev–Trinajstić information content (AvgIpc) is 3.10. The second-order valence-electron chi connectivity index (χ2n) is 10.1. The Labute approximate surface area is 237 Å². The third-order valence-electron chi connectivity index (χ3n) is 7.55. The van der Waals surface area contributed by atoms with Gasteiger partial charge in [-0.25, -0.2) is 4.79 Å². The van der Waals surface area contributed by atoms with Gasteiger partial charge in [-0.1, -0.05) is 66.4 Å². The molecule has 0 aromatic heterocycles. The zero-order valence-corrected chi connectivity index (χ0v) is 22.9. The summed E-state index contributed by atoms with van der Waals surface area (Å²) in [6, 6.07) is 15.0. The fourth-order valence-corrected chi connectivity index (χ4v) is 6.44. The third-order valence-corrected chi connectivity index (χ3v) is 8.59. The minimum absolute atomic E-state index is 0.0921.